The number of hydrogen-bond acceptors (Lipinski definition) is 3. The van der Waals surface area contributed by atoms with Gasteiger partial charge in [0.2, 0.25) is 5.91 Å². The number of carbonyl (C=O) groups excluding carboxylic acids is 3. The zero-order chi connectivity index (χ0) is 22.7. The molecule has 164 valence electrons. The van der Waals surface area contributed by atoms with Crippen molar-refractivity contribution in [2.45, 2.75) is 38.3 Å². The maximum atomic E-state index is 13.4. The first-order valence-corrected chi connectivity index (χ1v) is 10.9. The zero-order valence-electron chi connectivity index (χ0n) is 18.3. The summed E-state index contributed by atoms with van der Waals surface area (Å²) in [7, 11) is 0. The highest BCUT2D eigenvalue weighted by molar-refractivity contribution is 6.10. The largest absolute Gasteiger partial charge is 0.348 e. The van der Waals surface area contributed by atoms with Gasteiger partial charge < -0.3 is 10.6 Å². The van der Waals surface area contributed by atoms with Crippen LogP contribution in [0.25, 0.3) is 10.8 Å². The van der Waals surface area contributed by atoms with E-state index < -0.39 is 17.5 Å². The Morgan fingerprint density at radius 1 is 1.00 bits per heavy atom. The summed E-state index contributed by atoms with van der Waals surface area (Å²) in [5, 5.41) is 7.67. The molecule has 2 N–H and O–H groups in total. The first-order valence-electron chi connectivity index (χ1n) is 10.9. The molecule has 6 nitrogen and oxygen atoms in total. The third-order valence-corrected chi connectivity index (χ3v) is 6.02. The van der Waals surface area contributed by atoms with Gasteiger partial charge in [0, 0.05) is 0 Å². The van der Waals surface area contributed by atoms with Gasteiger partial charge >= 0.3 is 6.03 Å². The molecular formula is C26H27N3O3. The van der Waals surface area contributed by atoms with Crippen molar-refractivity contribution in [3.05, 3.63) is 83.9 Å². The van der Waals surface area contributed by atoms with Gasteiger partial charge in [-0.1, -0.05) is 86.1 Å². The zero-order valence-corrected chi connectivity index (χ0v) is 18.3. The van der Waals surface area contributed by atoms with Crippen molar-refractivity contribution in [1.82, 2.24) is 15.5 Å². The number of urea groups is 1. The molecule has 1 saturated heterocycles. The first kappa shape index (κ1) is 21.6. The van der Waals surface area contributed by atoms with Crippen molar-refractivity contribution in [2.24, 2.45) is 0 Å². The van der Waals surface area contributed by atoms with Gasteiger partial charge in [-0.3, -0.25) is 14.5 Å². The monoisotopic (exact) mass is 429 g/mol. The number of nitrogens with one attached hydrogen (secondary N) is 2. The molecule has 1 heterocycles. The Bertz CT molecular complexity index is 1160. The minimum Gasteiger partial charge on any atom is -0.348 e. The topological polar surface area (TPSA) is 78.5 Å². The van der Waals surface area contributed by atoms with Crippen LogP contribution in [0.5, 0.6) is 0 Å². The highest BCUT2D eigenvalue weighted by atomic mass is 16.2. The Labute approximate surface area is 187 Å². The maximum absolute atomic E-state index is 13.4. The summed E-state index contributed by atoms with van der Waals surface area (Å²) in [6.45, 7) is 3.42. The van der Waals surface area contributed by atoms with Gasteiger partial charge in [-0.15, -0.1) is 0 Å². The fourth-order valence-corrected chi connectivity index (χ4v) is 4.36. The van der Waals surface area contributed by atoms with E-state index in [4.69, 9.17) is 0 Å². The number of rotatable bonds is 7. The van der Waals surface area contributed by atoms with Crippen molar-refractivity contribution in [3.63, 3.8) is 0 Å². The summed E-state index contributed by atoms with van der Waals surface area (Å²) in [6.07, 6.45) is 1.66. The van der Waals surface area contributed by atoms with E-state index in [1.165, 1.54) is 0 Å². The van der Waals surface area contributed by atoms with Crippen LogP contribution in [0.4, 0.5) is 4.79 Å². The molecule has 0 aliphatic carbocycles. The van der Waals surface area contributed by atoms with E-state index in [2.05, 4.69) is 17.6 Å². The maximum Gasteiger partial charge on any atom is 0.325 e. The lowest BCUT2D eigenvalue weighted by Crippen LogP contribution is -2.44. The number of imide groups is 1. The van der Waals surface area contributed by atoms with Crippen LogP contribution in [0.1, 0.15) is 43.9 Å². The molecule has 0 bridgehead atoms. The minimum absolute atomic E-state index is 0.168. The Balaban J connectivity index is 1.54. The highest BCUT2D eigenvalue weighted by Crippen LogP contribution is 2.33. The van der Waals surface area contributed by atoms with E-state index >= 15 is 0 Å². The van der Waals surface area contributed by atoms with Crippen LogP contribution in [0, 0.1) is 0 Å². The molecule has 0 spiro atoms. The molecule has 1 fully saturated rings. The average molecular weight is 430 g/mol. The molecule has 3 aromatic rings. The molecule has 6 heteroatoms. The number of amides is 4. The summed E-state index contributed by atoms with van der Waals surface area (Å²) >= 11 is 0. The van der Waals surface area contributed by atoms with Gasteiger partial charge in [-0.05, 0) is 35.2 Å². The summed E-state index contributed by atoms with van der Waals surface area (Å²) in [4.78, 5) is 39.9. The van der Waals surface area contributed by atoms with Crippen molar-refractivity contribution in [3.8, 4) is 0 Å². The second-order valence-corrected chi connectivity index (χ2v) is 8.29. The van der Waals surface area contributed by atoms with E-state index in [-0.39, 0.29) is 18.5 Å². The molecule has 3 aromatic carbocycles. The smallest absolute Gasteiger partial charge is 0.325 e. The van der Waals surface area contributed by atoms with Gasteiger partial charge in [0.15, 0.2) is 0 Å². The van der Waals surface area contributed by atoms with Gasteiger partial charge in [0.1, 0.15) is 12.1 Å². The van der Waals surface area contributed by atoms with Crippen LogP contribution < -0.4 is 10.6 Å². The fraction of sp³-hybridized carbons (Fsp3) is 0.269. The molecular weight excluding hydrogens is 402 g/mol. The first-order chi connectivity index (χ1) is 15.4. The normalized spacial score (nSPS) is 19.1. The fourth-order valence-electron chi connectivity index (χ4n) is 4.36. The third kappa shape index (κ3) is 3.96. The summed E-state index contributed by atoms with van der Waals surface area (Å²) in [5.74, 6) is -0.793. The second-order valence-electron chi connectivity index (χ2n) is 8.29. The van der Waals surface area contributed by atoms with E-state index in [9.17, 15) is 14.4 Å². The van der Waals surface area contributed by atoms with Gasteiger partial charge in [0.25, 0.3) is 5.91 Å². The van der Waals surface area contributed by atoms with Crippen LogP contribution in [0.2, 0.25) is 0 Å². The molecule has 1 aliphatic heterocycles. The molecule has 0 aromatic heterocycles. The molecule has 1 aliphatic rings. The molecule has 2 unspecified atom stereocenters. The van der Waals surface area contributed by atoms with Crippen molar-refractivity contribution >= 4 is 28.6 Å². The standard InChI is InChI=1S/C26H27N3O3/c1-3-10-22(19-12-5-4-6-13-19)27-23(30)17-29-24(31)26(2,28-25(29)32)21-16-9-14-18-11-7-8-15-20(18)21/h4-9,11-16,22H,3,10,17H2,1-2H3,(H,27,30)(H,28,32). The predicted octanol–water partition coefficient (Wildman–Crippen LogP) is 4.26. The van der Waals surface area contributed by atoms with Crippen molar-refractivity contribution < 1.29 is 14.4 Å². The van der Waals surface area contributed by atoms with Crippen molar-refractivity contribution in [1.29, 1.82) is 0 Å². The molecule has 0 saturated carbocycles. The minimum atomic E-state index is -1.24. The Kier molecular flexibility index (Phi) is 5.95. The lowest BCUT2D eigenvalue weighted by Gasteiger charge is -2.24. The lowest BCUT2D eigenvalue weighted by atomic mass is 9.88. The van der Waals surface area contributed by atoms with E-state index in [1.807, 2.05) is 72.8 Å². The summed E-state index contributed by atoms with van der Waals surface area (Å²) in [6, 6.07) is 22.4. The van der Waals surface area contributed by atoms with Crippen molar-refractivity contribution in [2.75, 3.05) is 6.54 Å². The average Bonchev–Trinajstić information content (AvgIpc) is 3.02. The number of hydrogen-bond donors (Lipinski definition) is 2. The van der Waals surface area contributed by atoms with Gasteiger partial charge in [-0.25, -0.2) is 4.79 Å². The van der Waals surface area contributed by atoms with Gasteiger partial charge in [-0.2, -0.15) is 0 Å². The molecule has 2 atom stereocenters. The van der Waals surface area contributed by atoms with Crippen LogP contribution in [0.15, 0.2) is 72.8 Å². The van der Waals surface area contributed by atoms with Crippen LogP contribution >= 0.6 is 0 Å². The second kappa shape index (κ2) is 8.83. The number of fused-ring (bicyclic) bond motifs is 1. The summed E-state index contributed by atoms with van der Waals surface area (Å²) < 4.78 is 0. The van der Waals surface area contributed by atoms with E-state index in [1.54, 1.807) is 6.92 Å². The Hall–Kier alpha value is -3.67. The number of benzene rings is 3. The molecule has 32 heavy (non-hydrogen) atoms. The quantitative estimate of drug-likeness (QED) is 0.551. The molecule has 0 radical (unpaired) electrons. The third-order valence-electron chi connectivity index (χ3n) is 6.02. The molecule has 4 rings (SSSR count). The van der Waals surface area contributed by atoms with Gasteiger partial charge in [0.05, 0.1) is 6.04 Å². The van der Waals surface area contributed by atoms with Crippen LogP contribution in [-0.4, -0.2) is 29.3 Å². The predicted molar refractivity (Wildman–Crippen MR) is 124 cm³/mol. The Morgan fingerprint density at radius 2 is 1.69 bits per heavy atom. The van der Waals surface area contributed by atoms with Crippen LogP contribution in [0.3, 0.4) is 0 Å². The highest BCUT2D eigenvalue weighted by Gasteiger charge is 2.50. The van der Waals surface area contributed by atoms with E-state index in [0.717, 1.165) is 34.1 Å². The summed E-state index contributed by atoms with van der Waals surface area (Å²) in [5.41, 5.74) is 0.478. The Morgan fingerprint density at radius 3 is 2.44 bits per heavy atom. The molecule has 4 amide bonds. The number of carbonyl (C=O) groups is 3. The van der Waals surface area contributed by atoms with E-state index in [0.29, 0.717) is 5.56 Å². The van der Waals surface area contributed by atoms with Crippen LogP contribution in [-0.2, 0) is 15.1 Å². The SMILES string of the molecule is CCCC(NC(=O)CN1C(=O)NC(C)(c2cccc3ccccc23)C1=O)c1ccccc1. The lowest BCUT2D eigenvalue weighted by molar-refractivity contribution is -0.135. The number of nitrogens with zero attached hydrogens (tertiary/aromatic N) is 1.